The van der Waals surface area contributed by atoms with Crippen LogP contribution in [0.1, 0.15) is 30.6 Å². The molecular weight excluding hydrogens is 356 g/mol. The minimum absolute atomic E-state index is 0.0382. The number of hydrogen-bond acceptors (Lipinski definition) is 3. The van der Waals surface area contributed by atoms with E-state index in [-0.39, 0.29) is 17.9 Å². The highest BCUT2D eigenvalue weighted by Gasteiger charge is 2.12. The van der Waals surface area contributed by atoms with Crippen LogP contribution in [-0.2, 0) is 4.79 Å². The highest BCUT2D eigenvalue weighted by atomic mass is 35.5. The number of thioether (sulfide) groups is 1. The summed E-state index contributed by atoms with van der Waals surface area (Å²) in [5.74, 6) is 0.342. The molecule has 132 valence electrons. The van der Waals surface area contributed by atoms with E-state index < -0.39 is 0 Å². The van der Waals surface area contributed by atoms with E-state index >= 15 is 0 Å². The van der Waals surface area contributed by atoms with E-state index in [0.29, 0.717) is 28.4 Å². The molecule has 0 aliphatic carbocycles. The Morgan fingerprint density at radius 2 is 1.84 bits per heavy atom. The summed E-state index contributed by atoms with van der Waals surface area (Å²) in [6, 6.07) is 14.8. The molecule has 0 spiro atoms. The van der Waals surface area contributed by atoms with Gasteiger partial charge in [-0.1, -0.05) is 29.8 Å². The minimum Gasteiger partial charge on any atom is -0.350 e. The average Bonchev–Trinajstić information content (AvgIpc) is 2.57. The van der Waals surface area contributed by atoms with Gasteiger partial charge in [0.15, 0.2) is 0 Å². The lowest BCUT2D eigenvalue weighted by Gasteiger charge is -2.11. The summed E-state index contributed by atoms with van der Waals surface area (Å²) in [7, 11) is 0. The minimum atomic E-state index is -0.193. The van der Waals surface area contributed by atoms with Crippen molar-refractivity contribution in [2.24, 2.45) is 0 Å². The summed E-state index contributed by atoms with van der Waals surface area (Å²) in [6.07, 6.45) is 0.359. The molecule has 6 heteroatoms. The lowest BCUT2D eigenvalue weighted by atomic mass is 10.1. The van der Waals surface area contributed by atoms with Crippen LogP contribution in [0.25, 0.3) is 0 Å². The van der Waals surface area contributed by atoms with Crippen LogP contribution in [-0.4, -0.2) is 23.6 Å². The second-order valence-corrected chi connectivity index (χ2v) is 7.36. The fourth-order valence-electron chi connectivity index (χ4n) is 2.10. The van der Waals surface area contributed by atoms with Crippen LogP contribution in [0.5, 0.6) is 0 Å². The molecule has 2 rings (SSSR count). The smallest absolute Gasteiger partial charge is 0.251 e. The topological polar surface area (TPSA) is 58.2 Å². The van der Waals surface area contributed by atoms with Crippen LogP contribution in [0.3, 0.4) is 0 Å². The number of hydrogen-bond donors (Lipinski definition) is 2. The van der Waals surface area contributed by atoms with E-state index in [1.807, 2.05) is 44.2 Å². The van der Waals surface area contributed by atoms with E-state index in [9.17, 15) is 9.59 Å². The quantitative estimate of drug-likeness (QED) is 0.694. The lowest BCUT2D eigenvalue weighted by molar-refractivity contribution is -0.115. The first-order valence-electron chi connectivity index (χ1n) is 8.04. The zero-order valence-electron chi connectivity index (χ0n) is 14.2. The lowest BCUT2D eigenvalue weighted by Crippen LogP contribution is -2.30. The Balaban J connectivity index is 1.92. The number of carbonyl (C=O) groups is 2. The molecule has 2 aromatic rings. The van der Waals surface area contributed by atoms with Crippen LogP contribution in [0.2, 0.25) is 5.02 Å². The predicted octanol–water partition coefficient (Wildman–Crippen LogP) is 4.60. The third-order valence-electron chi connectivity index (χ3n) is 3.26. The van der Waals surface area contributed by atoms with Gasteiger partial charge >= 0.3 is 0 Å². The van der Waals surface area contributed by atoms with Gasteiger partial charge in [-0.2, -0.15) is 0 Å². The van der Waals surface area contributed by atoms with Crippen molar-refractivity contribution in [2.45, 2.75) is 31.2 Å². The Morgan fingerprint density at radius 1 is 1.12 bits per heavy atom. The number of anilines is 1. The molecular formula is C19H21ClN2O2S. The molecule has 25 heavy (non-hydrogen) atoms. The van der Waals surface area contributed by atoms with Gasteiger partial charge in [0.1, 0.15) is 0 Å². The number of carbonyl (C=O) groups excluding carboxylic acids is 2. The molecule has 0 aromatic heterocycles. The summed E-state index contributed by atoms with van der Waals surface area (Å²) >= 11 is 7.75. The van der Waals surface area contributed by atoms with E-state index in [1.54, 1.807) is 30.0 Å². The second kappa shape index (κ2) is 9.49. The largest absolute Gasteiger partial charge is 0.350 e. The molecule has 0 unspecified atom stereocenters. The Kier molecular flexibility index (Phi) is 7.34. The number of nitrogens with one attached hydrogen (secondary N) is 2. The van der Waals surface area contributed by atoms with E-state index in [4.69, 9.17) is 11.6 Å². The van der Waals surface area contributed by atoms with Crippen molar-refractivity contribution < 1.29 is 9.59 Å². The number of rotatable bonds is 7. The van der Waals surface area contributed by atoms with Crippen molar-refractivity contribution in [3.63, 3.8) is 0 Å². The van der Waals surface area contributed by atoms with Gasteiger partial charge in [-0.3, -0.25) is 9.59 Å². The Hall–Kier alpha value is -1.98. The van der Waals surface area contributed by atoms with Gasteiger partial charge in [0.2, 0.25) is 5.91 Å². The van der Waals surface area contributed by atoms with Gasteiger partial charge in [0, 0.05) is 28.7 Å². The summed E-state index contributed by atoms with van der Waals surface area (Å²) in [6.45, 7) is 3.78. The molecule has 0 saturated heterocycles. The molecule has 0 bridgehead atoms. The van der Waals surface area contributed by atoms with Gasteiger partial charge in [-0.25, -0.2) is 0 Å². The number of amides is 2. The third kappa shape index (κ3) is 6.44. The molecule has 0 radical (unpaired) electrons. The summed E-state index contributed by atoms with van der Waals surface area (Å²) in [4.78, 5) is 25.3. The van der Waals surface area contributed by atoms with Crippen molar-refractivity contribution in [3.05, 3.63) is 59.1 Å². The van der Waals surface area contributed by atoms with Crippen LogP contribution < -0.4 is 10.6 Å². The SMILES string of the molecule is CC(C)NC(=O)c1ccc(Cl)c(NC(=O)CCSc2ccccc2)c1. The van der Waals surface area contributed by atoms with Crippen molar-refractivity contribution in [1.29, 1.82) is 0 Å². The maximum Gasteiger partial charge on any atom is 0.251 e. The van der Waals surface area contributed by atoms with E-state index in [0.717, 1.165) is 4.90 Å². The molecule has 0 aliphatic rings. The second-order valence-electron chi connectivity index (χ2n) is 5.78. The van der Waals surface area contributed by atoms with Crippen molar-refractivity contribution in [3.8, 4) is 0 Å². The first-order valence-corrected chi connectivity index (χ1v) is 9.40. The van der Waals surface area contributed by atoms with Gasteiger partial charge < -0.3 is 10.6 Å². The molecule has 0 aliphatic heterocycles. The van der Waals surface area contributed by atoms with Gasteiger partial charge in [-0.05, 0) is 44.2 Å². The van der Waals surface area contributed by atoms with Crippen molar-refractivity contribution in [1.82, 2.24) is 5.32 Å². The molecule has 0 fully saturated rings. The highest BCUT2D eigenvalue weighted by Crippen LogP contribution is 2.24. The fourth-order valence-corrected chi connectivity index (χ4v) is 3.14. The van der Waals surface area contributed by atoms with E-state index in [1.165, 1.54) is 0 Å². The van der Waals surface area contributed by atoms with Crippen LogP contribution in [0.4, 0.5) is 5.69 Å². The Morgan fingerprint density at radius 3 is 2.52 bits per heavy atom. The Labute approximate surface area is 157 Å². The van der Waals surface area contributed by atoms with Gasteiger partial charge in [-0.15, -0.1) is 11.8 Å². The summed E-state index contributed by atoms with van der Waals surface area (Å²) < 4.78 is 0. The highest BCUT2D eigenvalue weighted by molar-refractivity contribution is 7.99. The zero-order valence-corrected chi connectivity index (χ0v) is 15.8. The summed E-state index contributed by atoms with van der Waals surface area (Å²) in [5.41, 5.74) is 0.917. The van der Waals surface area contributed by atoms with Crippen molar-refractivity contribution >= 4 is 40.9 Å². The first-order chi connectivity index (χ1) is 12.0. The first kappa shape index (κ1) is 19.3. The monoisotopic (exact) mass is 376 g/mol. The predicted molar refractivity (Wildman–Crippen MR) is 104 cm³/mol. The normalized spacial score (nSPS) is 10.6. The fraction of sp³-hybridized carbons (Fsp3) is 0.263. The summed E-state index contributed by atoms with van der Waals surface area (Å²) in [5, 5.41) is 6.00. The standard InChI is InChI=1S/C19H21ClN2O2S/c1-13(2)21-19(24)14-8-9-16(20)17(12-14)22-18(23)10-11-25-15-6-4-3-5-7-15/h3-9,12-13H,10-11H2,1-2H3,(H,21,24)(H,22,23). The van der Waals surface area contributed by atoms with Crippen LogP contribution >= 0.6 is 23.4 Å². The number of halogens is 1. The zero-order chi connectivity index (χ0) is 18.2. The molecule has 2 N–H and O–H groups in total. The number of benzene rings is 2. The molecule has 2 aromatic carbocycles. The van der Waals surface area contributed by atoms with Gasteiger partial charge in [0.05, 0.1) is 10.7 Å². The van der Waals surface area contributed by atoms with Crippen LogP contribution in [0, 0.1) is 0 Å². The maximum atomic E-state index is 12.1. The van der Waals surface area contributed by atoms with Gasteiger partial charge in [0.25, 0.3) is 5.91 Å². The molecule has 0 saturated carbocycles. The molecule has 0 atom stereocenters. The average molecular weight is 377 g/mol. The molecule has 0 heterocycles. The molecule has 2 amide bonds. The third-order valence-corrected chi connectivity index (χ3v) is 4.61. The molecule has 4 nitrogen and oxygen atoms in total. The van der Waals surface area contributed by atoms with Crippen molar-refractivity contribution in [2.75, 3.05) is 11.1 Å². The Bertz CT molecular complexity index is 735. The van der Waals surface area contributed by atoms with E-state index in [2.05, 4.69) is 10.6 Å². The maximum absolute atomic E-state index is 12.1. The van der Waals surface area contributed by atoms with Crippen LogP contribution in [0.15, 0.2) is 53.4 Å².